The lowest BCUT2D eigenvalue weighted by molar-refractivity contribution is -0.141. The van der Waals surface area contributed by atoms with Crippen molar-refractivity contribution in [3.8, 4) is 0 Å². The molecule has 0 aromatic carbocycles. The second-order valence-corrected chi connectivity index (χ2v) is 7.19. The molecule has 0 saturated heterocycles. The van der Waals surface area contributed by atoms with Crippen LogP contribution in [0.4, 0.5) is 0 Å². The molecule has 3 atom stereocenters. The minimum Gasteiger partial charge on any atom is -0.481 e. The summed E-state index contributed by atoms with van der Waals surface area (Å²) in [4.78, 5) is 22.8. The van der Waals surface area contributed by atoms with Gasteiger partial charge in [-0.05, 0) is 37.0 Å². The first kappa shape index (κ1) is 16.0. The smallest absolute Gasteiger partial charge is 0.306 e. The van der Waals surface area contributed by atoms with E-state index in [-0.39, 0.29) is 23.3 Å². The first-order valence-corrected chi connectivity index (χ1v) is 7.19. The van der Waals surface area contributed by atoms with E-state index >= 15 is 0 Å². The van der Waals surface area contributed by atoms with Crippen LogP contribution in [0.3, 0.4) is 0 Å². The first-order valence-electron chi connectivity index (χ1n) is 7.19. The third-order valence-corrected chi connectivity index (χ3v) is 3.64. The van der Waals surface area contributed by atoms with Crippen molar-refractivity contribution in [3.05, 3.63) is 0 Å². The van der Waals surface area contributed by atoms with Gasteiger partial charge in [-0.1, -0.05) is 27.7 Å². The summed E-state index contributed by atoms with van der Waals surface area (Å²) in [6.45, 7) is 8.63. The van der Waals surface area contributed by atoms with Crippen LogP contribution in [0.2, 0.25) is 0 Å². The van der Waals surface area contributed by atoms with Gasteiger partial charge in [0.2, 0.25) is 5.91 Å². The molecule has 1 saturated carbocycles. The summed E-state index contributed by atoms with van der Waals surface area (Å²) < 4.78 is 0. The number of nitrogens with one attached hydrogen (secondary N) is 1. The van der Waals surface area contributed by atoms with Gasteiger partial charge < -0.3 is 10.4 Å². The van der Waals surface area contributed by atoms with Crippen molar-refractivity contribution in [3.63, 3.8) is 0 Å². The third-order valence-electron chi connectivity index (χ3n) is 3.64. The van der Waals surface area contributed by atoms with Gasteiger partial charge >= 0.3 is 5.97 Å². The molecular weight excluding hydrogens is 242 g/mol. The Morgan fingerprint density at radius 1 is 1.32 bits per heavy atom. The third kappa shape index (κ3) is 6.08. The van der Waals surface area contributed by atoms with Crippen molar-refractivity contribution < 1.29 is 14.7 Å². The maximum Gasteiger partial charge on any atom is 0.306 e. The molecule has 0 aliphatic heterocycles. The van der Waals surface area contributed by atoms with E-state index in [1.54, 1.807) is 0 Å². The van der Waals surface area contributed by atoms with Crippen LogP contribution in [0.15, 0.2) is 0 Å². The van der Waals surface area contributed by atoms with Crippen molar-refractivity contribution >= 4 is 11.9 Å². The van der Waals surface area contributed by atoms with Crippen LogP contribution in [0, 0.1) is 17.3 Å². The number of hydrogen-bond acceptors (Lipinski definition) is 2. The molecule has 1 aliphatic carbocycles. The Kier molecular flexibility index (Phi) is 5.39. The number of carbonyl (C=O) groups excluding carboxylic acids is 1. The first-order chi connectivity index (χ1) is 8.67. The molecule has 0 radical (unpaired) electrons. The Morgan fingerprint density at radius 3 is 2.42 bits per heavy atom. The van der Waals surface area contributed by atoms with Gasteiger partial charge in [0.25, 0.3) is 0 Å². The Labute approximate surface area is 116 Å². The lowest BCUT2D eigenvalue weighted by Gasteiger charge is -2.23. The standard InChI is InChI=1S/C15H27NO3/c1-10(9-15(2,3)4)7-13(17)16-12-6-5-11(8-12)14(18)19/h10-12H,5-9H2,1-4H3,(H,16,17)(H,18,19)/t10?,11-,12+/m1/s1. The van der Waals surface area contributed by atoms with Crippen LogP contribution in [-0.4, -0.2) is 23.0 Å². The van der Waals surface area contributed by atoms with Gasteiger partial charge in [-0.2, -0.15) is 0 Å². The van der Waals surface area contributed by atoms with Crippen molar-refractivity contribution in [1.29, 1.82) is 0 Å². The largest absolute Gasteiger partial charge is 0.481 e. The van der Waals surface area contributed by atoms with Crippen LogP contribution in [0.1, 0.15) is 59.8 Å². The van der Waals surface area contributed by atoms with Crippen LogP contribution >= 0.6 is 0 Å². The molecule has 0 spiro atoms. The van der Waals surface area contributed by atoms with E-state index in [4.69, 9.17) is 5.11 Å². The number of carboxylic acid groups (broad SMARTS) is 1. The molecule has 2 N–H and O–H groups in total. The fourth-order valence-electron chi connectivity index (χ4n) is 3.06. The van der Waals surface area contributed by atoms with Crippen molar-refractivity contribution in [2.24, 2.45) is 17.3 Å². The zero-order valence-electron chi connectivity index (χ0n) is 12.5. The second kappa shape index (κ2) is 6.40. The van der Waals surface area contributed by atoms with Gasteiger partial charge in [0.15, 0.2) is 0 Å². The number of aliphatic carboxylic acids is 1. The fraction of sp³-hybridized carbons (Fsp3) is 0.867. The van der Waals surface area contributed by atoms with Gasteiger partial charge in [-0.25, -0.2) is 0 Å². The molecule has 1 aliphatic rings. The highest BCUT2D eigenvalue weighted by Crippen LogP contribution is 2.27. The molecule has 4 heteroatoms. The average molecular weight is 269 g/mol. The van der Waals surface area contributed by atoms with Crippen LogP contribution < -0.4 is 5.32 Å². The number of carbonyl (C=O) groups is 2. The molecule has 1 rings (SSSR count). The fourth-order valence-corrected chi connectivity index (χ4v) is 3.06. The Bertz CT molecular complexity index is 333. The summed E-state index contributed by atoms with van der Waals surface area (Å²) in [6, 6.07) is 0.0513. The van der Waals surface area contributed by atoms with Crippen LogP contribution in [0.25, 0.3) is 0 Å². The average Bonchev–Trinajstić information content (AvgIpc) is 2.62. The monoisotopic (exact) mass is 269 g/mol. The Hall–Kier alpha value is -1.06. The molecule has 19 heavy (non-hydrogen) atoms. The topological polar surface area (TPSA) is 66.4 Å². The number of hydrogen-bond donors (Lipinski definition) is 2. The molecule has 110 valence electrons. The lowest BCUT2D eigenvalue weighted by Crippen LogP contribution is -2.34. The number of carboxylic acids is 1. The van der Waals surface area contributed by atoms with Gasteiger partial charge in [-0.3, -0.25) is 9.59 Å². The number of amides is 1. The lowest BCUT2D eigenvalue weighted by atomic mass is 9.84. The zero-order chi connectivity index (χ0) is 14.6. The highest BCUT2D eigenvalue weighted by molar-refractivity contribution is 5.77. The van der Waals surface area contributed by atoms with E-state index in [1.165, 1.54) is 0 Å². The Balaban J connectivity index is 2.30. The van der Waals surface area contributed by atoms with E-state index in [0.29, 0.717) is 25.2 Å². The van der Waals surface area contributed by atoms with Gasteiger partial charge in [-0.15, -0.1) is 0 Å². The molecule has 0 heterocycles. The van der Waals surface area contributed by atoms with E-state index in [9.17, 15) is 9.59 Å². The zero-order valence-corrected chi connectivity index (χ0v) is 12.5. The summed E-state index contributed by atoms with van der Waals surface area (Å²) in [7, 11) is 0. The predicted molar refractivity (Wildman–Crippen MR) is 74.8 cm³/mol. The van der Waals surface area contributed by atoms with Crippen molar-refractivity contribution in [1.82, 2.24) is 5.32 Å². The quantitative estimate of drug-likeness (QED) is 0.806. The van der Waals surface area contributed by atoms with E-state index in [1.807, 2.05) is 0 Å². The van der Waals surface area contributed by atoms with Gasteiger partial charge in [0, 0.05) is 12.5 Å². The normalized spacial score (nSPS) is 25.1. The van der Waals surface area contributed by atoms with E-state index < -0.39 is 5.97 Å². The molecule has 1 amide bonds. The van der Waals surface area contributed by atoms with Gasteiger partial charge in [0.05, 0.1) is 5.92 Å². The number of rotatable bonds is 5. The molecule has 4 nitrogen and oxygen atoms in total. The molecule has 0 aromatic heterocycles. The summed E-state index contributed by atoms with van der Waals surface area (Å²) >= 11 is 0. The molecule has 1 unspecified atom stereocenters. The SMILES string of the molecule is CC(CC(=O)N[C@H]1CC[C@@H](C(=O)O)C1)CC(C)(C)C. The highest BCUT2D eigenvalue weighted by Gasteiger charge is 2.30. The maximum atomic E-state index is 11.9. The minimum atomic E-state index is -0.738. The highest BCUT2D eigenvalue weighted by atomic mass is 16.4. The van der Waals surface area contributed by atoms with E-state index in [0.717, 1.165) is 12.8 Å². The minimum absolute atomic E-state index is 0.0513. The summed E-state index contributed by atoms with van der Waals surface area (Å²) in [5, 5.41) is 11.9. The molecule has 0 bridgehead atoms. The second-order valence-electron chi connectivity index (χ2n) is 7.19. The maximum absolute atomic E-state index is 11.9. The van der Waals surface area contributed by atoms with E-state index in [2.05, 4.69) is 33.0 Å². The summed E-state index contributed by atoms with van der Waals surface area (Å²) in [5.74, 6) is -0.598. The predicted octanol–water partition coefficient (Wildman–Crippen LogP) is 2.82. The molecule has 0 aromatic rings. The van der Waals surface area contributed by atoms with Crippen molar-refractivity contribution in [2.45, 2.75) is 65.8 Å². The molecule has 1 fully saturated rings. The van der Waals surface area contributed by atoms with Crippen LogP contribution in [0.5, 0.6) is 0 Å². The Morgan fingerprint density at radius 2 is 1.95 bits per heavy atom. The van der Waals surface area contributed by atoms with Crippen molar-refractivity contribution in [2.75, 3.05) is 0 Å². The van der Waals surface area contributed by atoms with Crippen LogP contribution in [-0.2, 0) is 9.59 Å². The van der Waals surface area contributed by atoms with Gasteiger partial charge in [0.1, 0.15) is 0 Å². The molecular formula is C15H27NO3. The summed E-state index contributed by atoms with van der Waals surface area (Å²) in [5.41, 5.74) is 0.238. The summed E-state index contributed by atoms with van der Waals surface area (Å²) in [6.07, 6.45) is 3.59.